The van der Waals surface area contributed by atoms with Crippen LogP contribution in [0, 0.1) is 11.8 Å². The molecule has 0 aliphatic carbocycles. The minimum Gasteiger partial charge on any atom is -0.356 e. The number of halogens is 1. The van der Waals surface area contributed by atoms with Gasteiger partial charge in [0.25, 0.3) is 0 Å². The van der Waals surface area contributed by atoms with E-state index in [1.807, 2.05) is 0 Å². The molecule has 1 atom stereocenters. The largest absolute Gasteiger partial charge is 0.356 e. The van der Waals surface area contributed by atoms with Crippen molar-refractivity contribution in [2.75, 3.05) is 39.3 Å². The summed E-state index contributed by atoms with van der Waals surface area (Å²) >= 11 is 0. The number of hydrogen-bond donors (Lipinski definition) is 2. The Bertz CT molecular complexity index is 263. The lowest BCUT2D eigenvalue weighted by Crippen LogP contribution is -2.41. The number of nitrogens with zero attached hydrogens (tertiary/aromatic N) is 1. The van der Waals surface area contributed by atoms with Gasteiger partial charge in [0.1, 0.15) is 0 Å². The molecule has 2 saturated heterocycles. The molecule has 0 radical (unpaired) electrons. The van der Waals surface area contributed by atoms with E-state index >= 15 is 0 Å². The van der Waals surface area contributed by atoms with Gasteiger partial charge in [-0.1, -0.05) is 6.92 Å². The minimum atomic E-state index is 0. The highest BCUT2D eigenvalue weighted by atomic mass is 35.5. The molecule has 2 aliphatic heterocycles. The van der Waals surface area contributed by atoms with Crippen LogP contribution in [0.1, 0.15) is 32.6 Å². The van der Waals surface area contributed by atoms with Crippen LogP contribution in [0.25, 0.3) is 0 Å². The van der Waals surface area contributed by atoms with Gasteiger partial charge in [-0.05, 0) is 57.8 Å². The van der Waals surface area contributed by atoms with Crippen LogP contribution >= 0.6 is 12.4 Å². The first-order valence-corrected chi connectivity index (χ1v) is 7.46. The van der Waals surface area contributed by atoms with Gasteiger partial charge in [-0.15, -0.1) is 12.4 Å². The van der Waals surface area contributed by atoms with E-state index in [0.29, 0.717) is 5.92 Å². The number of carbonyl (C=O) groups is 1. The van der Waals surface area contributed by atoms with E-state index in [9.17, 15) is 4.79 Å². The number of carbonyl (C=O) groups excluding carboxylic acids is 1. The van der Waals surface area contributed by atoms with Gasteiger partial charge in [0, 0.05) is 19.0 Å². The first-order chi connectivity index (χ1) is 8.75. The SMILES string of the molecule is CC(CNC(=O)C1CCNCC1)CN1CCCC1.Cl. The molecule has 0 aromatic heterocycles. The van der Waals surface area contributed by atoms with E-state index in [4.69, 9.17) is 0 Å². The molecular weight excluding hydrogens is 262 g/mol. The number of amides is 1. The number of piperidine rings is 1. The lowest BCUT2D eigenvalue weighted by atomic mass is 9.97. The Kier molecular flexibility index (Phi) is 7.73. The van der Waals surface area contributed by atoms with Crippen LogP contribution in [0.5, 0.6) is 0 Å². The quantitative estimate of drug-likeness (QED) is 0.801. The predicted octanol–water partition coefficient (Wildman–Crippen LogP) is 1.26. The maximum atomic E-state index is 12.0. The van der Waals surface area contributed by atoms with E-state index in [1.54, 1.807) is 0 Å². The third-order valence-corrected chi connectivity index (χ3v) is 4.10. The van der Waals surface area contributed by atoms with Gasteiger partial charge >= 0.3 is 0 Å². The molecule has 0 saturated carbocycles. The maximum Gasteiger partial charge on any atom is 0.223 e. The Hall–Kier alpha value is -0.320. The van der Waals surface area contributed by atoms with Gasteiger partial charge in [0.2, 0.25) is 5.91 Å². The Morgan fingerprint density at radius 1 is 1.32 bits per heavy atom. The maximum absolute atomic E-state index is 12.0. The molecule has 0 bridgehead atoms. The second-order valence-electron chi connectivity index (χ2n) is 5.88. The van der Waals surface area contributed by atoms with Crippen LogP contribution in [0.2, 0.25) is 0 Å². The first kappa shape index (κ1) is 16.7. The topological polar surface area (TPSA) is 44.4 Å². The second-order valence-corrected chi connectivity index (χ2v) is 5.88. The van der Waals surface area contributed by atoms with E-state index in [0.717, 1.165) is 39.0 Å². The molecule has 0 aromatic rings. The summed E-state index contributed by atoms with van der Waals surface area (Å²) < 4.78 is 0. The van der Waals surface area contributed by atoms with E-state index in [-0.39, 0.29) is 24.2 Å². The highest BCUT2D eigenvalue weighted by Gasteiger charge is 2.21. The molecule has 2 aliphatic rings. The van der Waals surface area contributed by atoms with E-state index in [1.165, 1.54) is 25.9 Å². The van der Waals surface area contributed by atoms with E-state index < -0.39 is 0 Å². The molecule has 19 heavy (non-hydrogen) atoms. The van der Waals surface area contributed by atoms with Gasteiger partial charge in [-0.2, -0.15) is 0 Å². The standard InChI is InChI=1S/C14H27N3O.ClH/c1-12(11-17-8-2-3-9-17)10-16-14(18)13-4-6-15-7-5-13;/h12-13,15H,2-11H2,1H3,(H,16,18);1H. The molecule has 2 rings (SSSR count). The second kappa shape index (κ2) is 8.77. The number of rotatable bonds is 5. The Balaban J connectivity index is 0.00000180. The van der Waals surface area contributed by atoms with Gasteiger partial charge in [-0.3, -0.25) is 4.79 Å². The van der Waals surface area contributed by atoms with Crippen molar-refractivity contribution in [3.63, 3.8) is 0 Å². The van der Waals surface area contributed by atoms with E-state index in [2.05, 4.69) is 22.5 Å². The first-order valence-electron chi connectivity index (χ1n) is 7.46. The normalized spacial score (nSPS) is 22.8. The highest BCUT2D eigenvalue weighted by molar-refractivity contribution is 5.85. The third kappa shape index (κ3) is 5.67. The summed E-state index contributed by atoms with van der Waals surface area (Å²) in [4.78, 5) is 14.5. The summed E-state index contributed by atoms with van der Waals surface area (Å²) in [7, 11) is 0. The van der Waals surface area contributed by atoms with Crippen molar-refractivity contribution in [2.24, 2.45) is 11.8 Å². The molecule has 2 N–H and O–H groups in total. The van der Waals surface area contributed by atoms with Gasteiger partial charge in [0.05, 0.1) is 0 Å². The number of likely N-dealkylation sites (tertiary alicyclic amines) is 1. The molecular formula is C14H28ClN3O. The molecule has 0 aromatic carbocycles. The Morgan fingerprint density at radius 2 is 1.95 bits per heavy atom. The van der Waals surface area contributed by atoms with Crippen molar-refractivity contribution in [1.82, 2.24) is 15.5 Å². The fourth-order valence-electron chi connectivity index (χ4n) is 2.97. The monoisotopic (exact) mass is 289 g/mol. The van der Waals surface area contributed by atoms with Crippen molar-refractivity contribution in [3.8, 4) is 0 Å². The summed E-state index contributed by atoms with van der Waals surface area (Å²) in [5.41, 5.74) is 0. The van der Waals surface area contributed by atoms with Crippen molar-refractivity contribution >= 4 is 18.3 Å². The van der Waals surface area contributed by atoms with Crippen LogP contribution in [0.3, 0.4) is 0 Å². The summed E-state index contributed by atoms with van der Waals surface area (Å²) in [5, 5.41) is 6.43. The van der Waals surface area contributed by atoms with Crippen LogP contribution in [0.4, 0.5) is 0 Å². The molecule has 2 heterocycles. The van der Waals surface area contributed by atoms with Crippen molar-refractivity contribution < 1.29 is 4.79 Å². The Labute approximate surface area is 123 Å². The van der Waals surface area contributed by atoms with Crippen molar-refractivity contribution in [3.05, 3.63) is 0 Å². The smallest absolute Gasteiger partial charge is 0.223 e. The predicted molar refractivity (Wildman–Crippen MR) is 80.7 cm³/mol. The van der Waals surface area contributed by atoms with Crippen molar-refractivity contribution in [1.29, 1.82) is 0 Å². The summed E-state index contributed by atoms with van der Waals surface area (Å²) in [6, 6.07) is 0. The highest BCUT2D eigenvalue weighted by Crippen LogP contribution is 2.12. The van der Waals surface area contributed by atoms with Crippen LogP contribution < -0.4 is 10.6 Å². The van der Waals surface area contributed by atoms with Crippen LogP contribution in [-0.4, -0.2) is 50.1 Å². The third-order valence-electron chi connectivity index (χ3n) is 4.10. The fraction of sp³-hybridized carbons (Fsp3) is 0.929. The molecule has 4 nitrogen and oxygen atoms in total. The molecule has 2 fully saturated rings. The zero-order valence-electron chi connectivity index (χ0n) is 12.0. The minimum absolute atomic E-state index is 0. The molecule has 1 unspecified atom stereocenters. The van der Waals surface area contributed by atoms with Crippen molar-refractivity contribution in [2.45, 2.75) is 32.6 Å². The lowest BCUT2D eigenvalue weighted by Gasteiger charge is -2.24. The summed E-state index contributed by atoms with van der Waals surface area (Å²) in [6.07, 6.45) is 4.67. The average Bonchev–Trinajstić information content (AvgIpc) is 2.90. The summed E-state index contributed by atoms with van der Waals surface area (Å²) in [5.74, 6) is 1.07. The average molecular weight is 290 g/mol. The van der Waals surface area contributed by atoms with Gasteiger partial charge in [-0.25, -0.2) is 0 Å². The summed E-state index contributed by atoms with van der Waals surface area (Å²) in [6.45, 7) is 8.66. The van der Waals surface area contributed by atoms with Gasteiger partial charge in [0.15, 0.2) is 0 Å². The fourth-order valence-corrected chi connectivity index (χ4v) is 2.97. The van der Waals surface area contributed by atoms with Crippen LogP contribution in [-0.2, 0) is 4.79 Å². The van der Waals surface area contributed by atoms with Gasteiger partial charge < -0.3 is 15.5 Å². The molecule has 0 spiro atoms. The van der Waals surface area contributed by atoms with Crippen LogP contribution in [0.15, 0.2) is 0 Å². The molecule has 112 valence electrons. The number of hydrogen-bond acceptors (Lipinski definition) is 3. The lowest BCUT2D eigenvalue weighted by molar-refractivity contribution is -0.125. The molecule has 1 amide bonds. The molecule has 5 heteroatoms. The zero-order valence-corrected chi connectivity index (χ0v) is 12.8. The Morgan fingerprint density at radius 3 is 2.58 bits per heavy atom. The number of nitrogens with one attached hydrogen (secondary N) is 2. The zero-order chi connectivity index (χ0) is 12.8.